The molecule has 1 aliphatic carbocycles. The van der Waals surface area contributed by atoms with E-state index >= 15 is 0 Å². The van der Waals surface area contributed by atoms with Crippen molar-refractivity contribution in [2.24, 2.45) is 0 Å². The van der Waals surface area contributed by atoms with Crippen LogP contribution in [0.3, 0.4) is 0 Å². The third-order valence-corrected chi connectivity index (χ3v) is 2.64. The Morgan fingerprint density at radius 3 is 3.08 bits per heavy atom. The van der Waals surface area contributed by atoms with Crippen molar-refractivity contribution in [1.82, 2.24) is 0 Å². The molecule has 1 N–H and O–H groups in total. The number of methoxy groups -OCH3 is 1. The first-order chi connectivity index (χ1) is 6.31. The Labute approximate surface area is 78.2 Å². The molecule has 1 aliphatic rings. The Kier molecular flexibility index (Phi) is 2.23. The zero-order valence-corrected chi connectivity index (χ0v) is 7.79. The number of aryl methyl sites for hydroxylation is 1. The Balaban J connectivity index is 2.41. The second kappa shape index (κ2) is 3.38. The maximum atomic E-state index is 9.52. The number of hydrogen-bond donors (Lipinski definition) is 1. The van der Waals surface area contributed by atoms with E-state index in [2.05, 4.69) is 6.07 Å². The molecule has 1 aromatic rings. The Bertz CT molecular complexity index is 293. The average Bonchev–Trinajstić information content (AvgIpc) is 2.17. The zero-order chi connectivity index (χ0) is 9.26. The number of ether oxygens (including phenoxy) is 1. The molecule has 0 radical (unpaired) electrons. The van der Waals surface area contributed by atoms with Crippen LogP contribution in [0.4, 0.5) is 0 Å². The molecule has 1 aromatic carbocycles. The second-order valence-electron chi connectivity index (χ2n) is 3.49. The summed E-state index contributed by atoms with van der Waals surface area (Å²) in [6.45, 7) is 0. The number of hydrogen-bond acceptors (Lipinski definition) is 2. The molecule has 2 nitrogen and oxygen atoms in total. The summed E-state index contributed by atoms with van der Waals surface area (Å²) in [6, 6.07) is 6.08. The van der Waals surface area contributed by atoms with Crippen LogP contribution in [0.5, 0.6) is 5.75 Å². The minimum Gasteiger partial charge on any atom is -0.496 e. The van der Waals surface area contributed by atoms with Gasteiger partial charge >= 0.3 is 0 Å². The molecule has 0 heterocycles. The molecule has 2 rings (SSSR count). The highest BCUT2D eigenvalue weighted by Crippen LogP contribution is 2.29. The van der Waals surface area contributed by atoms with Crippen molar-refractivity contribution in [3.63, 3.8) is 0 Å². The van der Waals surface area contributed by atoms with E-state index in [-0.39, 0.29) is 6.10 Å². The van der Waals surface area contributed by atoms with E-state index in [4.69, 9.17) is 4.74 Å². The Hall–Kier alpha value is -1.02. The molecule has 0 aromatic heterocycles. The first-order valence-electron chi connectivity index (χ1n) is 4.64. The van der Waals surface area contributed by atoms with Crippen molar-refractivity contribution in [1.29, 1.82) is 0 Å². The minimum atomic E-state index is -0.191. The van der Waals surface area contributed by atoms with Crippen molar-refractivity contribution in [2.45, 2.75) is 25.4 Å². The summed E-state index contributed by atoms with van der Waals surface area (Å²) in [7, 11) is 1.68. The maximum Gasteiger partial charge on any atom is 0.122 e. The summed E-state index contributed by atoms with van der Waals surface area (Å²) in [5.74, 6) is 0.913. The minimum absolute atomic E-state index is 0.191. The smallest absolute Gasteiger partial charge is 0.122 e. The third-order valence-electron chi connectivity index (χ3n) is 2.64. The van der Waals surface area contributed by atoms with Crippen LogP contribution < -0.4 is 4.74 Å². The van der Waals surface area contributed by atoms with Crippen LogP contribution >= 0.6 is 0 Å². The van der Waals surface area contributed by atoms with Gasteiger partial charge in [-0.15, -0.1) is 0 Å². The normalized spacial score (nSPS) is 20.9. The summed E-state index contributed by atoms with van der Waals surface area (Å²) < 4.78 is 5.25. The molecular formula is C11H14O2. The standard InChI is InChI=1S/C11H14O2/c1-13-11-4-2-3-8-5-6-9(12)7-10(8)11/h2-4,9,12H,5-7H2,1H3. The molecule has 0 spiro atoms. The second-order valence-corrected chi connectivity index (χ2v) is 3.49. The molecule has 1 atom stereocenters. The fourth-order valence-corrected chi connectivity index (χ4v) is 1.93. The van der Waals surface area contributed by atoms with E-state index in [1.165, 1.54) is 11.1 Å². The van der Waals surface area contributed by atoms with Gasteiger partial charge in [-0.2, -0.15) is 0 Å². The molecule has 70 valence electrons. The van der Waals surface area contributed by atoms with E-state index in [9.17, 15) is 5.11 Å². The maximum absolute atomic E-state index is 9.52. The highest BCUT2D eigenvalue weighted by molar-refractivity contribution is 5.42. The molecule has 0 saturated heterocycles. The first kappa shape index (κ1) is 8.57. The highest BCUT2D eigenvalue weighted by atomic mass is 16.5. The first-order valence-corrected chi connectivity index (χ1v) is 4.64. The molecule has 0 aliphatic heterocycles. The Morgan fingerprint density at radius 1 is 1.46 bits per heavy atom. The van der Waals surface area contributed by atoms with Gasteiger partial charge in [-0.25, -0.2) is 0 Å². The predicted molar refractivity (Wildman–Crippen MR) is 51.0 cm³/mol. The zero-order valence-electron chi connectivity index (χ0n) is 7.79. The topological polar surface area (TPSA) is 29.5 Å². The fourth-order valence-electron chi connectivity index (χ4n) is 1.93. The van der Waals surface area contributed by atoms with Gasteiger partial charge < -0.3 is 9.84 Å². The van der Waals surface area contributed by atoms with Crippen molar-refractivity contribution < 1.29 is 9.84 Å². The third kappa shape index (κ3) is 1.54. The van der Waals surface area contributed by atoms with Gasteiger partial charge in [0.2, 0.25) is 0 Å². The number of rotatable bonds is 1. The number of aliphatic hydroxyl groups is 1. The molecule has 0 bridgehead atoms. The van der Waals surface area contributed by atoms with Gasteiger partial charge in [0.1, 0.15) is 5.75 Å². The summed E-state index contributed by atoms with van der Waals surface area (Å²) in [6.07, 6.45) is 2.39. The van der Waals surface area contributed by atoms with E-state index < -0.39 is 0 Å². The SMILES string of the molecule is COc1cccc2c1CC(O)CC2. The molecule has 2 heteroatoms. The van der Waals surface area contributed by atoms with Gasteiger partial charge in [-0.1, -0.05) is 12.1 Å². The monoisotopic (exact) mass is 178 g/mol. The number of benzene rings is 1. The van der Waals surface area contributed by atoms with Crippen LogP contribution in [-0.4, -0.2) is 18.3 Å². The van der Waals surface area contributed by atoms with E-state index in [0.717, 1.165) is 25.0 Å². The molecule has 0 saturated carbocycles. The van der Waals surface area contributed by atoms with Crippen LogP contribution in [0.15, 0.2) is 18.2 Å². The largest absolute Gasteiger partial charge is 0.496 e. The van der Waals surface area contributed by atoms with E-state index in [0.29, 0.717) is 0 Å². The van der Waals surface area contributed by atoms with Crippen LogP contribution in [0.2, 0.25) is 0 Å². The summed E-state index contributed by atoms with van der Waals surface area (Å²) >= 11 is 0. The van der Waals surface area contributed by atoms with E-state index in [1.807, 2.05) is 12.1 Å². The van der Waals surface area contributed by atoms with Crippen LogP contribution in [0.1, 0.15) is 17.5 Å². The van der Waals surface area contributed by atoms with Gasteiger partial charge in [0.25, 0.3) is 0 Å². The van der Waals surface area contributed by atoms with E-state index in [1.54, 1.807) is 7.11 Å². The highest BCUT2D eigenvalue weighted by Gasteiger charge is 2.18. The van der Waals surface area contributed by atoms with Crippen molar-refractivity contribution in [3.05, 3.63) is 29.3 Å². The predicted octanol–water partition coefficient (Wildman–Crippen LogP) is 1.54. The van der Waals surface area contributed by atoms with Gasteiger partial charge in [-0.3, -0.25) is 0 Å². The van der Waals surface area contributed by atoms with Crippen LogP contribution in [0.25, 0.3) is 0 Å². The summed E-state index contributed by atoms with van der Waals surface area (Å²) in [5, 5.41) is 9.52. The summed E-state index contributed by atoms with van der Waals surface area (Å²) in [4.78, 5) is 0. The van der Waals surface area contributed by atoms with Crippen molar-refractivity contribution in [2.75, 3.05) is 7.11 Å². The average molecular weight is 178 g/mol. The molecular weight excluding hydrogens is 164 g/mol. The van der Waals surface area contributed by atoms with Gasteiger partial charge in [-0.05, 0) is 30.0 Å². The van der Waals surface area contributed by atoms with Crippen LogP contribution in [-0.2, 0) is 12.8 Å². The number of aliphatic hydroxyl groups excluding tert-OH is 1. The fraction of sp³-hybridized carbons (Fsp3) is 0.455. The lowest BCUT2D eigenvalue weighted by atomic mass is 9.89. The van der Waals surface area contributed by atoms with Gasteiger partial charge in [0, 0.05) is 6.42 Å². The van der Waals surface area contributed by atoms with Gasteiger partial charge in [0.05, 0.1) is 13.2 Å². The number of fused-ring (bicyclic) bond motifs is 1. The van der Waals surface area contributed by atoms with Crippen molar-refractivity contribution in [3.8, 4) is 5.75 Å². The van der Waals surface area contributed by atoms with Crippen LogP contribution in [0, 0.1) is 0 Å². The quantitative estimate of drug-likeness (QED) is 0.707. The molecule has 13 heavy (non-hydrogen) atoms. The van der Waals surface area contributed by atoms with Gasteiger partial charge in [0.15, 0.2) is 0 Å². The molecule has 0 fully saturated rings. The lowest BCUT2D eigenvalue weighted by Crippen LogP contribution is -2.19. The molecule has 1 unspecified atom stereocenters. The Morgan fingerprint density at radius 2 is 2.31 bits per heavy atom. The summed E-state index contributed by atoms with van der Waals surface area (Å²) in [5.41, 5.74) is 2.51. The molecule has 0 amide bonds. The van der Waals surface area contributed by atoms with Crippen molar-refractivity contribution >= 4 is 0 Å². The lowest BCUT2D eigenvalue weighted by molar-refractivity contribution is 0.157. The lowest BCUT2D eigenvalue weighted by Gasteiger charge is -2.22.